The first-order valence-electron chi connectivity index (χ1n) is 9.03. The van der Waals surface area contributed by atoms with Gasteiger partial charge in [0.15, 0.2) is 5.69 Å². The van der Waals surface area contributed by atoms with E-state index in [1.165, 1.54) is 0 Å². The van der Waals surface area contributed by atoms with Gasteiger partial charge in [-0.25, -0.2) is 9.48 Å². The number of carbonyl (C=O) groups excluding carboxylic acids is 2. The molecule has 1 aromatic carbocycles. The van der Waals surface area contributed by atoms with E-state index in [-0.39, 0.29) is 18.0 Å². The molecule has 2 heterocycles. The van der Waals surface area contributed by atoms with E-state index in [4.69, 9.17) is 16.3 Å². The third-order valence-corrected chi connectivity index (χ3v) is 4.80. The Morgan fingerprint density at radius 2 is 1.93 bits per heavy atom. The topological polar surface area (TPSA) is 76.5 Å². The zero-order chi connectivity index (χ0) is 19.4. The Hall–Kier alpha value is -2.54. The SMILES string of the molecule is CCOC(=O)N1CCC(NC(=O)c2cc(C)n(-c3ccc(Cl)cc3)n2)CC1. The number of halogens is 1. The van der Waals surface area contributed by atoms with E-state index in [1.807, 2.05) is 19.1 Å². The van der Waals surface area contributed by atoms with Gasteiger partial charge in [0.05, 0.1) is 12.3 Å². The highest BCUT2D eigenvalue weighted by atomic mass is 35.5. The van der Waals surface area contributed by atoms with Crippen LogP contribution in [-0.2, 0) is 4.74 Å². The van der Waals surface area contributed by atoms with Crippen LogP contribution in [0, 0.1) is 6.92 Å². The lowest BCUT2D eigenvalue weighted by atomic mass is 10.1. The van der Waals surface area contributed by atoms with Crippen LogP contribution in [0.2, 0.25) is 5.02 Å². The zero-order valence-electron chi connectivity index (χ0n) is 15.4. The van der Waals surface area contributed by atoms with Gasteiger partial charge in [0, 0.05) is 29.8 Å². The van der Waals surface area contributed by atoms with Crippen LogP contribution in [0.1, 0.15) is 35.9 Å². The van der Waals surface area contributed by atoms with Crippen molar-refractivity contribution in [2.24, 2.45) is 0 Å². The number of rotatable bonds is 4. The maximum atomic E-state index is 12.6. The number of nitrogens with zero attached hydrogens (tertiary/aromatic N) is 3. The van der Waals surface area contributed by atoms with E-state index in [9.17, 15) is 9.59 Å². The molecule has 3 rings (SSSR count). The van der Waals surface area contributed by atoms with Crippen LogP contribution in [-0.4, -0.2) is 52.4 Å². The molecule has 1 aliphatic rings. The van der Waals surface area contributed by atoms with Crippen molar-refractivity contribution in [2.75, 3.05) is 19.7 Å². The van der Waals surface area contributed by atoms with E-state index < -0.39 is 0 Å². The Kier molecular flexibility index (Phi) is 6.01. The van der Waals surface area contributed by atoms with Gasteiger partial charge >= 0.3 is 6.09 Å². The summed E-state index contributed by atoms with van der Waals surface area (Å²) in [4.78, 5) is 26.0. The lowest BCUT2D eigenvalue weighted by Gasteiger charge is -2.31. The number of nitrogens with one attached hydrogen (secondary N) is 1. The number of aryl methyl sites for hydroxylation is 1. The molecule has 0 atom stereocenters. The molecule has 0 bridgehead atoms. The van der Waals surface area contributed by atoms with Crippen molar-refractivity contribution < 1.29 is 14.3 Å². The van der Waals surface area contributed by atoms with Crippen molar-refractivity contribution in [2.45, 2.75) is 32.7 Å². The number of benzene rings is 1. The third-order valence-electron chi connectivity index (χ3n) is 4.55. The molecule has 0 unspecified atom stereocenters. The molecule has 7 nitrogen and oxygen atoms in total. The molecule has 8 heteroatoms. The van der Waals surface area contributed by atoms with Crippen LogP contribution in [0.25, 0.3) is 5.69 Å². The van der Waals surface area contributed by atoms with Crippen molar-refractivity contribution in [3.63, 3.8) is 0 Å². The summed E-state index contributed by atoms with van der Waals surface area (Å²) in [6.45, 7) is 5.20. The normalized spacial score (nSPS) is 14.9. The predicted octanol–water partition coefficient (Wildman–Crippen LogP) is 3.18. The average Bonchev–Trinajstić information content (AvgIpc) is 3.05. The fourth-order valence-corrected chi connectivity index (χ4v) is 3.24. The number of amides is 2. The van der Waals surface area contributed by atoms with Crippen LogP contribution in [0.15, 0.2) is 30.3 Å². The van der Waals surface area contributed by atoms with Crippen molar-refractivity contribution in [1.29, 1.82) is 0 Å². The number of hydrogen-bond acceptors (Lipinski definition) is 4. The largest absolute Gasteiger partial charge is 0.450 e. The Morgan fingerprint density at radius 1 is 1.26 bits per heavy atom. The zero-order valence-corrected chi connectivity index (χ0v) is 16.2. The van der Waals surface area contributed by atoms with Crippen LogP contribution in [0.4, 0.5) is 4.79 Å². The highest BCUT2D eigenvalue weighted by Crippen LogP contribution is 2.17. The average molecular weight is 391 g/mol. The van der Waals surface area contributed by atoms with Crippen LogP contribution in [0.3, 0.4) is 0 Å². The molecule has 0 saturated carbocycles. The van der Waals surface area contributed by atoms with Gasteiger partial charge in [-0.2, -0.15) is 5.10 Å². The Bertz CT molecular complexity index is 811. The van der Waals surface area contributed by atoms with E-state index in [0.717, 1.165) is 11.4 Å². The molecule has 2 amide bonds. The van der Waals surface area contributed by atoms with Gasteiger partial charge in [0.25, 0.3) is 5.91 Å². The second-order valence-electron chi connectivity index (χ2n) is 6.49. The first-order chi connectivity index (χ1) is 13.0. The van der Waals surface area contributed by atoms with Gasteiger partial charge in [0.2, 0.25) is 0 Å². The summed E-state index contributed by atoms with van der Waals surface area (Å²) in [5, 5.41) is 8.08. The van der Waals surface area contributed by atoms with E-state index in [0.29, 0.717) is 43.3 Å². The predicted molar refractivity (Wildman–Crippen MR) is 102 cm³/mol. The van der Waals surface area contributed by atoms with Gasteiger partial charge in [-0.1, -0.05) is 11.6 Å². The smallest absolute Gasteiger partial charge is 0.409 e. The molecule has 0 spiro atoms. The summed E-state index contributed by atoms with van der Waals surface area (Å²) < 4.78 is 6.73. The summed E-state index contributed by atoms with van der Waals surface area (Å²) in [7, 11) is 0. The molecule has 1 aromatic heterocycles. The fraction of sp³-hybridized carbons (Fsp3) is 0.421. The van der Waals surface area contributed by atoms with Crippen molar-refractivity contribution >= 4 is 23.6 Å². The van der Waals surface area contributed by atoms with Crippen LogP contribution >= 0.6 is 11.6 Å². The first kappa shape index (κ1) is 19.2. The third kappa shape index (κ3) is 4.60. The molecule has 144 valence electrons. The Labute approximate surface area is 163 Å². The number of piperidine rings is 1. The van der Waals surface area contributed by atoms with E-state index in [2.05, 4.69) is 10.4 Å². The maximum Gasteiger partial charge on any atom is 0.409 e. The number of hydrogen-bond donors (Lipinski definition) is 1. The molecule has 0 radical (unpaired) electrons. The summed E-state index contributed by atoms with van der Waals surface area (Å²) in [6, 6.07) is 9.07. The van der Waals surface area contributed by atoms with Gasteiger partial charge in [-0.15, -0.1) is 0 Å². The van der Waals surface area contributed by atoms with Crippen LogP contribution in [0.5, 0.6) is 0 Å². The first-order valence-corrected chi connectivity index (χ1v) is 9.41. The lowest BCUT2D eigenvalue weighted by molar-refractivity contribution is 0.0856. The maximum absolute atomic E-state index is 12.6. The Balaban J connectivity index is 1.60. The van der Waals surface area contributed by atoms with Gasteiger partial charge in [0.1, 0.15) is 0 Å². The standard InChI is InChI=1S/C19H23ClN4O3/c1-3-27-19(26)23-10-8-15(9-11-23)21-18(25)17-12-13(2)24(22-17)16-6-4-14(20)5-7-16/h4-7,12,15H,3,8-11H2,1-2H3,(H,21,25). The molecule has 1 N–H and O–H groups in total. The minimum Gasteiger partial charge on any atom is -0.450 e. The van der Waals surface area contributed by atoms with E-state index >= 15 is 0 Å². The monoisotopic (exact) mass is 390 g/mol. The minimum absolute atomic E-state index is 0.0177. The van der Waals surface area contributed by atoms with Gasteiger partial charge < -0.3 is 15.0 Å². The van der Waals surface area contributed by atoms with E-state index in [1.54, 1.807) is 34.7 Å². The molecular formula is C19H23ClN4O3. The number of aromatic nitrogens is 2. The number of ether oxygens (including phenoxy) is 1. The molecule has 1 fully saturated rings. The quantitative estimate of drug-likeness (QED) is 0.869. The van der Waals surface area contributed by atoms with Crippen LogP contribution < -0.4 is 5.32 Å². The van der Waals surface area contributed by atoms with Gasteiger partial charge in [-0.3, -0.25) is 4.79 Å². The summed E-state index contributed by atoms with van der Waals surface area (Å²) in [5.41, 5.74) is 2.08. The summed E-state index contributed by atoms with van der Waals surface area (Å²) >= 11 is 5.92. The second kappa shape index (κ2) is 8.43. The molecule has 1 aliphatic heterocycles. The minimum atomic E-state index is -0.292. The fourth-order valence-electron chi connectivity index (χ4n) is 3.11. The highest BCUT2D eigenvalue weighted by molar-refractivity contribution is 6.30. The second-order valence-corrected chi connectivity index (χ2v) is 6.93. The number of carbonyl (C=O) groups is 2. The number of likely N-dealkylation sites (tertiary alicyclic amines) is 1. The molecule has 27 heavy (non-hydrogen) atoms. The van der Waals surface area contributed by atoms with Gasteiger partial charge in [-0.05, 0) is 57.0 Å². The molecule has 0 aliphatic carbocycles. The summed E-state index contributed by atoms with van der Waals surface area (Å²) in [6.07, 6.45) is 1.10. The Morgan fingerprint density at radius 3 is 2.56 bits per heavy atom. The van der Waals surface area contributed by atoms with Crippen molar-refractivity contribution in [3.8, 4) is 5.69 Å². The molecule has 1 saturated heterocycles. The molecular weight excluding hydrogens is 368 g/mol. The van der Waals surface area contributed by atoms with Crippen molar-refractivity contribution in [3.05, 3.63) is 46.7 Å². The summed E-state index contributed by atoms with van der Waals surface area (Å²) in [5.74, 6) is -0.208. The van der Waals surface area contributed by atoms with Crippen molar-refractivity contribution in [1.82, 2.24) is 20.0 Å². The highest BCUT2D eigenvalue weighted by Gasteiger charge is 2.25. The lowest BCUT2D eigenvalue weighted by Crippen LogP contribution is -2.46. The molecule has 2 aromatic rings.